The minimum Gasteiger partial charge on any atom is -0.387 e. The molecule has 2 N–H and O–H groups in total. The molecule has 12 heavy (non-hydrogen) atoms. The van der Waals surface area contributed by atoms with Crippen LogP contribution in [0.4, 0.5) is 0 Å². The van der Waals surface area contributed by atoms with E-state index in [-0.39, 0.29) is 5.60 Å². The topological polar surface area (TPSA) is 47.6 Å². The van der Waals surface area contributed by atoms with Crippen molar-refractivity contribution in [3.8, 4) is 0 Å². The van der Waals surface area contributed by atoms with Crippen LogP contribution in [0.2, 0.25) is 0 Å². The number of aliphatic imine (C=N–C) groups is 1. The fourth-order valence-electron chi connectivity index (χ4n) is 0.529. The van der Waals surface area contributed by atoms with Crippen molar-refractivity contribution in [3.63, 3.8) is 0 Å². The Morgan fingerprint density at radius 3 is 2.33 bits per heavy atom. The van der Waals surface area contributed by atoms with Gasteiger partial charge in [-0.3, -0.25) is 4.99 Å². The molecular weight excluding hydrogens is 152 g/mol. The number of rotatable bonds is 4. The first-order valence-corrected chi connectivity index (χ1v) is 4.24. The van der Waals surface area contributed by atoms with E-state index >= 15 is 0 Å². The van der Waals surface area contributed by atoms with Crippen molar-refractivity contribution >= 4 is 5.84 Å². The number of hydrogen-bond acceptors (Lipinski definition) is 2. The molecule has 0 saturated carbocycles. The van der Waals surface area contributed by atoms with Crippen LogP contribution in [0.3, 0.4) is 0 Å². The zero-order valence-electron chi connectivity index (χ0n) is 8.72. The van der Waals surface area contributed by atoms with Crippen LogP contribution in [0.15, 0.2) is 4.99 Å². The molecule has 0 aliphatic heterocycles. The number of methoxy groups -OCH3 is 1. The van der Waals surface area contributed by atoms with Gasteiger partial charge in [-0.1, -0.05) is 13.8 Å². The number of nitrogens with two attached hydrogens (primary N) is 1. The van der Waals surface area contributed by atoms with Crippen molar-refractivity contribution in [2.24, 2.45) is 16.6 Å². The predicted molar refractivity (Wildman–Crippen MR) is 52.4 cm³/mol. The highest BCUT2D eigenvalue weighted by molar-refractivity contribution is 5.82. The highest BCUT2D eigenvalue weighted by Crippen LogP contribution is 2.07. The number of hydrogen-bond donors (Lipinski definition) is 1. The average Bonchev–Trinajstić information content (AvgIpc) is 2.00. The van der Waals surface area contributed by atoms with Gasteiger partial charge in [0.2, 0.25) is 0 Å². The van der Waals surface area contributed by atoms with Crippen LogP contribution in [0.1, 0.15) is 27.7 Å². The summed E-state index contributed by atoms with van der Waals surface area (Å²) in [7, 11) is 1.68. The van der Waals surface area contributed by atoms with Gasteiger partial charge in [-0.15, -0.1) is 0 Å². The maximum Gasteiger partial charge on any atom is 0.0964 e. The summed E-state index contributed by atoms with van der Waals surface area (Å²) >= 11 is 0. The van der Waals surface area contributed by atoms with Gasteiger partial charge in [0.05, 0.1) is 18.0 Å². The molecule has 0 aliphatic carbocycles. The molecule has 0 amide bonds. The number of ether oxygens (including phenoxy) is 1. The molecule has 0 unspecified atom stereocenters. The molecule has 0 saturated heterocycles. The lowest BCUT2D eigenvalue weighted by atomic mass is 10.1. The molecule has 0 aliphatic rings. The summed E-state index contributed by atoms with van der Waals surface area (Å²) in [4.78, 5) is 4.24. The molecule has 0 aromatic carbocycles. The van der Waals surface area contributed by atoms with Crippen molar-refractivity contribution in [1.29, 1.82) is 0 Å². The first-order chi connectivity index (χ1) is 5.39. The lowest BCUT2D eigenvalue weighted by Gasteiger charge is -2.20. The molecule has 72 valence electrons. The van der Waals surface area contributed by atoms with Crippen LogP contribution in [0.5, 0.6) is 0 Å². The number of amidine groups is 1. The second-order valence-corrected chi connectivity index (χ2v) is 3.86. The molecule has 0 fully saturated rings. The van der Waals surface area contributed by atoms with Crippen molar-refractivity contribution in [1.82, 2.24) is 0 Å². The molecular formula is C9H20N2O. The van der Waals surface area contributed by atoms with Gasteiger partial charge in [-0.2, -0.15) is 0 Å². The second-order valence-electron chi connectivity index (χ2n) is 3.86. The smallest absolute Gasteiger partial charge is 0.0964 e. The van der Waals surface area contributed by atoms with Crippen molar-refractivity contribution in [3.05, 3.63) is 0 Å². The highest BCUT2D eigenvalue weighted by atomic mass is 16.5. The van der Waals surface area contributed by atoms with Crippen LogP contribution in [-0.4, -0.2) is 25.1 Å². The monoisotopic (exact) mass is 172 g/mol. The summed E-state index contributed by atoms with van der Waals surface area (Å²) in [6, 6.07) is 0. The molecule has 3 heteroatoms. The SMILES string of the molecule is COC(C)(C)CN=C(N)C(C)C. The molecule has 0 aromatic heterocycles. The van der Waals surface area contributed by atoms with E-state index in [1.165, 1.54) is 0 Å². The van der Waals surface area contributed by atoms with Gasteiger partial charge >= 0.3 is 0 Å². The third-order valence-corrected chi connectivity index (χ3v) is 1.79. The number of nitrogens with zero attached hydrogens (tertiary/aromatic N) is 1. The van der Waals surface area contributed by atoms with Gasteiger partial charge in [0.15, 0.2) is 0 Å². The molecule has 0 heterocycles. The lowest BCUT2D eigenvalue weighted by Crippen LogP contribution is -2.29. The van der Waals surface area contributed by atoms with Crippen LogP contribution in [-0.2, 0) is 4.74 Å². The van der Waals surface area contributed by atoms with Gasteiger partial charge in [-0.25, -0.2) is 0 Å². The Hall–Kier alpha value is -0.570. The average molecular weight is 172 g/mol. The fraction of sp³-hybridized carbons (Fsp3) is 0.889. The Morgan fingerprint density at radius 1 is 1.50 bits per heavy atom. The van der Waals surface area contributed by atoms with Gasteiger partial charge in [0.1, 0.15) is 0 Å². The molecule has 0 aromatic rings. The summed E-state index contributed by atoms with van der Waals surface area (Å²) in [5.41, 5.74) is 5.46. The lowest BCUT2D eigenvalue weighted by molar-refractivity contribution is 0.0311. The van der Waals surface area contributed by atoms with E-state index < -0.39 is 0 Å². The fourth-order valence-corrected chi connectivity index (χ4v) is 0.529. The van der Waals surface area contributed by atoms with Crippen LogP contribution < -0.4 is 5.73 Å². The van der Waals surface area contributed by atoms with Gasteiger partial charge in [0, 0.05) is 13.0 Å². The maximum absolute atomic E-state index is 5.67. The van der Waals surface area contributed by atoms with Crippen molar-refractivity contribution in [2.45, 2.75) is 33.3 Å². The summed E-state index contributed by atoms with van der Waals surface area (Å²) in [6.07, 6.45) is 0. The van der Waals surface area contributed by atoms with E-state index in [1.807, 2.05) is 27.7 Å². The molecule has 3 nitrogen and oxygen atoms in total. The van der Waals surface area contributed by atoms with Crippen LogP contribution >= 0.6 is 0 Å². The van der Waals surface area contributed by atoms with Crippen molar-refractivity contribution < 1.29 is 4.74 Å². The summed E-state index contributed by atoms with van der Waals surface area (Å²) in [5, 5.41) is 0. The first kappa shape index (κ1) is 11.4. The normalized spacial score (nSPS) is 14.0. The summed E-state index contributed by atoms with van der Waals surface area (Å²) in [5.74, 6) is 1.01. The molecule has 0 spiro atoms. The Kier molecular flexibility index (Phi) is 4.24. The minimum atomic E-state index is -0.209. The Labute approximate surface area is 75.0 Å². The molecule has 0 radical (unpaired) electrons. The summed E-state index contributed by atoms with van der Waals surface area (Å²) < 4.78 is 5.21. The minimum absolute atomic E-state index is 0.209. The Balaban J connectivity index is 4.03. The van der Waals surface area contributed by atoms with Gasteiger partial charge < -0.3 is 10.5 Å². The van der Waals surface area contributed by atoms with E-state index in [2.05, 4.69) is 4.99 Å². The standard InChI is InChI=1S/C9H20N2O/c1-7(2)8(10)11-6-9(3,4)12-5/h7H,6H2,1-5H3,(H2,10,11). The quantitative estimate of drug-likeness (QED) is 0.515. The van der Waals surface area contributed by atoms with E-state index in [1.54, 1.807) is 7.11 Å². The Morgan fingerprint density at radius 2 is 2.00 bits per heavy atom. The predicted octanol–water partition coefficient (Wildman–Crippen LogP) is 1.42. The molecule has 0 bridgehead atoms. The third kappa shape index (κ3) is 4.34. The van der Waals surface area contributed by atoms with Gasteiger partial charge in [-0.05, 0) is 13.8 Å². The molecule has 0 atom stereocenters. The van der Waals surface area contributed by atoms with Gasteiger partial charge in [0.25, 0.3) is 0 Å². The second kappa shape index (κ2) is 4.45. The van der Waals surface area contributed by atoms with E-state index in [4.69, 9.17) is 10.5 Å². The largest absolute Gasteiger partial charge is 0.387 e. The van der Waals surface area contributed by atoms with E-state index in [0.29, 0.717) is 18.3 Å². The maximum atomic E-state index is 5.67. The van der Waals surface area contributed by atoms with E-state index in [0.717, 1.165) is 0 Å². The zero-order chi connectivity index (χ0) is 9.78. The van der Waals surface area contributed by atoms with Crippen LogP contribution in [0.25, 0.3) is 0 Å². The first-order valence-electron chi connectivity index (χ1n) is 4.24. The zero-order valence-corrected chi connectivity index (χ0v) is 8.72. The van der Waals surface area contributed by atoms with E-state index in [9.17, 15) is 0 Å². The summed E-state index contributed by atoms with van der Waals surface area (Å²) in [6.45, 7) is 8.65. The van der Waals surface area contributed by atoms with Crippen LogP contribution in [0, 0.1) is 5.92 Å². The van der Waals surface area contributed by atoms with Crippen molar-refractivity contribution in [2.75, 3.05) is 13.7 Å². The Bertz CT molecular complexity index is 162. The molecule has 0 rings (SSSR count). The third-order valence-electron chi connectivity index (χ3n) is 1.79. The highest BCUT2D eigenvalue weighted by Gasteiger charge is 2.15.